The van der Waals surface area contributed by atoms with Crippen LogP contribution in [0.15, 0.2) is 79.1 Å². The van der Waals surface area contributed by atoms with Crippen LogP contribution < -0.4 is 0 Å². The third-order valence-corrected chi connectivity index (χ3v) is 3.77. The Morgan fingerprint density at radius 2 is 1.58 bits per heavy atom. The predicted molar refractivity (Wildman–Crippen MR) is 92.6 cm³/mol. The molecule has 4 nitrogen and oxygen atoms in total. The molecular weight excluding hydrogens is 298 g/mol. The molecular formula is C20H13N3O. The van der Waals surface area contributed by atoms with Gasteiger partial charge in [-0.05, 0) is 18.2 Å². The molecule has 2 heterocycles. The van der Waals surface area contributed by atoms with Gasteiger partial charge in [0, 0.05) is 28.9 Å². The van der Waals surface area contributed by atoms with E-state index in [0.29, 0.717) is 17.1 Å². The molecule has 0 amide bonds. The zero-order chi connectivity index (χ0) is 16.4. The zero-order valence-electron chi connectivity index (χ0n) is 12.8. The van der Waals surface area contributed by atoms with Crippen LogP contribution in [0.25, 0.3) is 22.3 Å². The van der Waals surface area contributed by atoms with Crippen LogP contribution in [-0.4, -0.2) is 20.7 Å². The van der Waals surface area contributed by atoms with Gasteiger partial charge in [-0.15, -0.1) is 0 Å². The smallest absolute Gasteiger partial charge is 0.213 e. The number of benzene rings is 2. The largest absolute Gasteiger partial charge is 0.287 e. The van der Waals surface area contributed by atoms with Gasteiger partial charge in [0.15, 0.2) is 5.82 Å². The minimum absolute atomic E-state index is 0.154. The lowest BCUT2D eigenvalue weighted by Crippen LogP contribution is -2.07. The average Bonchev–Trinajstić information content (AvgIpc) is 2.68. The van der Waals surface area contributed by atoms with Crippen molar-refractivity contribution < 1.29 is 4.79 Å². The third-order valence-electron chi connectivity index (χ3n) is 3.77. The molecule has 0 unspecified atom stereocenters. The summed E-state index contributed by atoms with van der Waals surface area (Å²) in [6.07, 6.45) is 3.20. The maximum absolute atomic E-state index is 12.9. The first-order valence-corrected chi connectivity index (χ1v) is 7.60. The second kappa shape index (κ2) is 6.01. The summed E-state index contributed by atoms with van der Waals surface area (Å²) in [7, 11) is 0. The first kappa shape index (κ1) is 14.2. The Bertz CT molecular complexity index is 1010. The van der Waals surface area contributed by atoms with Gasteiger partial charge in [-0.1, -0.05) is 48.5 Å². The van der Waals surface area contributed by atoms with Crippen molar-refractivity contribution in [1.29, 1.82) is 0 Å². The summed E-state index contributed by atoms with van der Waals surface area (Å²) in [4.78, 5) is 26.1. The van der Waals surface area contributed by atoms with Crippen molar-refractivity contribution in [2.45, 2.75) is 0 Å². The number of fused-ring (bicyclic) bond motifs is 1. The van der Waals surface area contributed by atoms with Crippen molar-refractivity contribution in [2.75, 3.05) is 0 Å². The second-order valence-electron chi connectivity index (χ2n) is 5.35. The molecule has 2 aromatic heterocycles. The van der Waals surface area contributed by atoms with Crippen LogP contribution in [0.2, 0.25) is 0 Å². The van der Waals surface area contributed by atoms with E-state index in [0.717, 1.165) is 16.5 Å². The first-order chi connectivity index (χ1) is 11.8. The van der Waals surface area contributed by atoms with Gasteiger partial charge in [-0.3, -0.25) is 9.78 Å². The second-order valence-corrected chi connectivity index (χ2v) is 5.35. The van der Waals surface area contributed by atoms with Crippen molar-refractivity contribution >= 4 is 16.7 Å². The molecule has 0 aliphatic heterocycles. The summed E-state index contributed by atoms with van der Waals surface area (Å²) < 4.78 is 0. The Hall–Kier alpha value is -3.40. The van der Waals surface area contributed by atoms with Gasteiger partial charge in [0.05, 0.1) is 5.52 Å². The van der Waals surface area contributed by atoms with E-state index in [-0.39, 0.29) is 5.78 Å². The molecule has 0 aliphatic rings. The van der Waals surface area contributed by atoms with Gasteiger partial charge >= 0.3 is 0 Å². The van der Waals surface area contributed by atoms with Crippen LogP contribution in [0, 0.1) is 0 Å². The number of pyridine rings is 1. The number of para-hydroxylation sites is 1. The summed E-state index contributed by atoms with van der Waals surface area (Å²) in [5, 5.41) is 0.742. The first-order valence-electron chi connectivity index (χ1n) is 7.60. The highest BCUT2D eigenvalue weighted by Gasteiger charge is 2.17. The standard InChI is InChI=1S/C20H13N3O/c24-19(15-9-6-12-21-13-15)18-16-10-4-5-11-17(16)22-20(23-18)14-7-2-1-3-8-14/h1-13H. The van der Waals surface area contributed by atoms with Crippen molar-refractivity contribution in [2.24, 2.45) is 0 Å². The summed E-state index contributed by atoms with van der Waals surface area (Å²) >= 11 is 0. The van der Waals surface area contributed by atoms with Crippen LogP contribution >= 0.6 is 0 Å². The maximum atomic E-state index is 12.9. The Labute approximate surface area is 138 Å². The number of ketones is 1. The minimum Gasteiger partial charge on any atom is -0.287 e. The normalized spacial score (nSPS) is 10.7. The molecule has 0 saturated carbocycles. The molecule has 4 heteroatoms. The Kier molecular flexibility index (Phi) is 3.56. The number of hydrogen-bond acceptors (Lipinski definition) is 4. The SMILES string of the molecule is O=C(c1cccnc1)c1nc(-c2ccccc2)nc2ccccc12. The van der Waals surface area contributed by atoms with Crippen molar-refractivity contribution in [3.8, 4) is 11.4 Å². The predicted octanol–water partition coefficient (Wildman–Crippen LogP) is 3.92. The number of aromatic nitrogens is 3. The molecule has 4 aromatic rings. The molecule has 0 fully saturated rings. The maximum Gasteiger partial charge on any atom is 0.213 e. The van der Waals surface area contributed by atoms with E-state index in [1.165, 1.54) is 0 Å². The summed E-state index contributed by atoms with van der Waals surface area (Å²) in [6.45, 7) is 0. The van der Waals surface area contributed by atoms with Crippen molar-refractivity contribution in [3.63, 3.8) is 0 Å². The number of carbonyl (C=O) groups excluding carboxylic acids is 1. The zero-order valence-corrected chi connectivity index (χ0v) is 12.8. The highest BCUT2D eigenvalue weighted by molar-refractivity contribution is 6.14. The quantitative estimate of drug-likeness (QED) is 0.538. The van der Waals surface area contributed by atoms with Crippen molar-refractivity contribution in [3.05, 3.63) is 90.4 Å². The van der Waals surface area contributed by atoms with E-state index >= 15 is 0 Å². The topological polar surface area (TPSA) is 55.7 Å². The van der Waals surface area contributed by atoms with E-state index in [9.17, 15) is 4.79 Å². The van der Waals surface area contributed by atoms with Crippen LogP contribution in [0.3, 0.4) is 0 Å². The molecule has 114 valence electrons. The fraction of sp³-hybridized carbons (Fsp3) is 0. The van der Waals surface area contributed by atoms with Gasteiger partial charge in [0.2, 0.25) is 5.78 Å². The van der Waals surface area contributed by atoms with Gasteiger partial charge in [-0.25, -0.2) is 9.97 Å². The fourth-order valence-corrected chi connectivity index (χ4v) is 2.60. The molecule has 0 bridgehead atoms. The van der Waals surface area contributed by atoms with E-state index in [1.807, 2.05) is 54.6 Å². The van der Waals surface area contributed by atoms with Crippen LogP contribution in [0.1, 0.15) is 16.1 Å². The van der Waals surface area contributed by atoms with E-state index in [1.54, 1.807) is 24.5 Å². The van der Waals surface area contributed by atoms with Gasteiger partial charge in [-0.2, -0.15) is 0 Å². The molecule has 2 aromatic carbocycles. The molecule has 24 heavy (non-hydrogen) atoms. The highest BCUT2D eigenvalue weighted by Crippen LogP contribution is 2.23. The molecule has 0 aliphatic carbocycles. The Balaban J connectivity index is 1.95. The average molecular weight is 311 g/mol. The van der Waals surface area contributed by atoms with Crippen LogP contribution in [-0.2, 0) is 0 Å². The Morgan fingerprint density at radius 1 is 0.792 bits per heavy atom. The number of rotatable bonds is 3. The van der Waals surface area contributed by atoms with E-state index in [2.05, 4.69) is 15.0 Å². The molecule has 0 spiro atoms. The van der Waals surface area contributed by atoms with Gasteiger partial charge in [0.25, 0.3) is 0 Å². The molecule has 0 radical (unpaired) electrons. The lowest BCUT2D eigenvalue weighted by Gasteiger charge is -2.08. The Morgan fingerprint density at radius 3 is 2.38 bits per heavy atom. The summed E-state index contributed by atoms with van der Waals surface area (Å²) in [6, 6.07) is 20.7. The minimum atomic E-state index is -0.154. The third kappa shape index (κ3) is 2.54. The number of carbonyl (C=O) groups is 1. The van der Waals surface area contributed by atoms with Gasteiger partial charge < -0.3 is 0 Å². The van der Waals surface area contributed by atoms with Crippen molar-refractivity contribution in [1.82, 2.24) is 15.0 Å². The van der Waals surface area contributed by atoms with Gasteiger partial charge in [0.1, 0.15) is 5.69 Å². The molecule has 0 saturated heterocycles. The molecule has 4 rings (SSSR count). The lowest BCUT2D eigenvalue weighted by molar-refractivity contribution is 0.103. The fourth-order valence-electron chi connectivity index (χ4n) is 2.60. The monoisotopic (exact) mass is 311 g/mol. The van der Waals surface area contributed by atoms with E-state index < -0.39 is 0 Å². The summed E-state index contributed by atoms with van der Waals surface area (Å²) in [5.74, 6) is 0.389. The highest BCUT2D eigenvalue weighted by atomic mass is 16.1. The summed E-state index contributed by atoms with van der Waals surface area (Å²) in [5.41, 5.74) is 2.54. The van der Waals surface area contributed by atoms with Crippen LogP contribution in [0.4, 0.5) is 0 Å². The molecule has 0 N–H and O–H groups in total. The lowest BCUT2D eigenvalue weighted by atomic mass is 10.1. The number of hydrogen-bond donors (Lipinski definition) is 0. The van der Waals surface area contributed by atoms with E-state index in [4.69, 9.17) is 0 Å². The number of nitrogens with zero attached hydrogens (tertiary/aromatic N) is 3. The molecule has 0 atom stereocenters. The van der Waals surface area contributed by atoms with Crippen LogP contribution in [0.5, 0.6) is 0 Å².